The maximum Gasteiger partial charge on any atom is 0.254 e. The Labute approximate surface area is 108 Å². The third kappa shape index (κ3) is 3.20. The molecule has 0 spiro atoms. The van der Waals surface area contributed by atoms with Gasteiger partial charge in [0.05, 0.1) is 19.8 Å². The van der Waals surface area contributed by atoms with E-state index in [0.717, 1.165) is 26.2 Å². The zero-order valence-electron chi connectivity index (χ0n) is 11.0. The lowest BCUT2D eigenvalue weighted by atomic mass is 10.2. The van der Waals surface area contributed by atoms with Gasteiger partial charge in [-0.05, 0) is 6.92 Å². The number of amides is 1. The normalized spacial score (nSPS) is 28.1. The van der Waals surface area contributed by atoms with Gasteiger partial charge < -0.3 is 20.1 Å². The van der Waals surface area contributed by atoms with Gasteiger partial charge in [-0.15, -0.1) is 0 Å². The molecule has 0 bridgehead atoms. The van der Waals surface area contributed by atoms with Crippen molar-refractivity contribution in [2.24, 2.45) is 5.73 Å². The zero-order valence-corrected chi connectivity index (χ0v) is 11.0. The van der Waals surface area contributed by atoms with E-state index in [1.54, 1.807) is 0 Å². The van der Waals surface area contributed by atoms with E-state index in [0.29, 0.717) is 32.4 Å². The highest BCUT2D eigenvalue weighted by molar-refractivity contribution is 5.81. The molecular weight excluding hydrogens is 234 g/mol. The first-order valence-corrected chi connectivity index (χ1v) is 6.64. The van der Waals surface area contributed by atoms with E-state index in [-0.39, 0.29) is 5.91 Å². The fourth-order valence-corrected chi connectivity index (χ4v) is 2.37. The van der Waals surface area contributed by atoms with Crippen molar-refractivity contribution < 1.29 is 14.3 Å². The van der Waals surface area contributed by atoms with Gasteiger partial charge in [0.25, 0.3) is 5.91 Å². The van der Waals surface area contributed by atoms with Crippen LogP contribution < -0.4 is 5.73 Å². The van der Waals surface area contributed by atoms with Gasteiger partial charge in [-0.3, -0.25) is 9.69 Å². The van der Waals surface area contributed by atoms with Crippen molar-refractivity contribution >= 4 is 5.91 Å². The number of piperazine rings is 1. The van der Waals surface area contributed by atoms with Crippen molar-refractivity contribution in [3.63, 3.8) is 0 Å². The number of nitrogens with two attached hydrogens (primary N) is 1. The average Bonchev–Trinajstić information content (AvgIpc) is 2.47. The predicted octanol–water partition coefficient (Wildman–Crippen LogP) is -1.11. The first-order valence-electron chi connectivity index (χ1n) is 6.64. The highest BCUT2D eigenvalue weighted by Gasteiger charge is 2.30. The van der Waals surface area contributed by atoms with Gasteiger partial charge >= 0.3 is 0 Å². The van der Waals surface area contributed by atoms with E-state index in [1.165, 1.54) is 0 Å². The largest absolute Gasteiger partial charge is 0.376 e. The molecule has 2 fully saturated rings. The van der Waals surface area contributed by atoms with E-state index in [9.17, 15) is 4.79 Å². The summed E-state index contributed by atoms with van der Waals surface area (Å²) in [5, 5.41) is 0. The Bertz CT molecular complexity index is 274. The Hall–Kier alpha value is -0.690. The SMILES string of the molecule is CC(CN)N1CCN(C(=O)C2COCCO2)CC1. The fourth-order valence-electron chi connectivity index (χ4n) is 2.37. The summed E-state index contributed by atoms with van der Waals surface area (Å²) in [5.41, 5.74) is 5.66. The Morgan fingerprint density at radius 2 is 2.06 bits per heavy atom. The molecule has 6 heteroatoms. The second-order valence-corrected chi connectivity index (χ2v) is 4.88. The van der Waals surface area contributed by atoms with Gasteiger partial charge in [-0.1, -0.05) is 0 Å². The van der Waals surface area contributed by atoms with Gasteiger partial charge in [-0.25, -0.2) is 0 Å². The molecule has 2 heterocycles. The van der Waals surface area contributed by atoms with E-state index in [1.807, 2.05) is 4.90 Å². The molecule has 6 nitrogen and oxygen atoms in total. The zero-order chi connectivity index (χ0) is 13.0. The molecule has 2 atom stereocenters. The number of carbonyl (C=O) groups excluding carboxylic acids is 1. The monoisotopic (exact) mass is 257 g/mol. The molecule has 2 aliphatic rings. The highest BCUT2D eigenvalue weighted by atomic mass is 16.6. The number of ether oxygens (including phenoxy) is 2. The first kappa shape index (κ1) is 13.7. The van der Waals surface area contributed by atoms with Crippen molar-refractivity contribution in [1.82, 2.24) is 9.80 Å². The van der Waals surface area contributed by atoms with Crippen LogP contribution in [0.25, 0.3) is 0 Å². The van der Waals surface area contributed by atoms with Crippen LogP contribution in [-0.2, 0) is 14.3 Å². The molecule has 2 aliphatic heterocycles. The Kier molecular flexibility index (Phi) is 4.94. The van der Waals surface area contributed by atoms with Gasteiger partial charge in [0.15, 0.2) is 6.10 Å². The molecule has 2 N–H and O–H groups in total. The number of rotatable bonds is 3. The molecule has 0 aliphatic carbocycles. The number of carbonyl (C=O) groups is 1. The predicted molar refractivity (Wildman–Crippen MR) is 67.2 cm³/mol. The second kappa shape index (κ2) is 6.47. The maximum atomic E-state index is 12.2. The summed E-state index contributed by atoms with van der Waals surface area (Å²) in [6, 6.07) is 0.386. The van der Waals surface area contributed by atoms with Gasteiger partial charge in [-0.2, -0.15) is 0 Å². The van der Waals surface area contributed by atoms with E-state index >= 15 is 0 Å². The molecule has 1 amide bonds. The van der Waals surface area contributed by atoms with Crippen LogP contribution in [0, 0.1) is 0 Å². The molecule has 18 heavy (non-hydrogen) atoms. The molecule has 0 saturated carbocycles. The third-order valence-electron chi connectivity index (χ3n) is 3.68. The molecule has 2 unspecified atom stereocenters. The van der Waals surface area contributed by atoms with Crippen molar-refractivity contribution in [1.29, 1.82) is 0 Å². The minimum Gasteiger partial charge on any atom is -0.376 e. The summed E-state index contributed by atoms with van der Waals surface area (Å²) in [6.07, 6.45) is -0.405. The fraction of sp³-hybridized carbons (Fsp3) is 0.917. The van der Waals surface area contributed by atoms with Crippen LogP contribution in [0.3, 0.4) is 0 Å². The summed E-state index contributed by atoms with van der Waals surface area (Å²) >= 11 is 0. The van der Waals surface area contributed by atoms with E-state index in [4.69, 9.17) is 15.2 Å². The van der Waals surface area contributed by atoms with Crippen molar-refractivity contribution in [2.45, 2.75) is 19.1 Å². The smallest absolute Gasteiger partial charge is 0.254 e. The summed E-state index contributed by atoms with van der Waals surface area (Å²) < 4.78 is 10.7. The molecule has 2 rings (SSSR count). The van der Waals surface area contributed by atoms with Crippen LogP contribution in [0.15, 0.2) is 0 Å². The van der Waals surface area contributed by atoms with Crippen LogP contribution in [0.2, 0.25) is 0 Å². The lowest BCUT2D eigenvalue weighted by Gasteiger charge is -2.39. The van der Waals surface area contributed by atoms with Gasteiger partial charge in [0, 0.05) is 38.8 Å². The van der Waals surface area contributed by atoms with Crippen molar-refractivity contribution in [2.75, 3.05) is 52.5 Å². The molecule has 0 aromatic carbocycles. The number of hydrogen-bond acceptors (Lipinski definition) is 5. The molecule has 0 aromatic rings. The molecule has 104 valence electrons. The third-order valence-corrected chi connectivity index (χ3v) is 3.68. The number of hydrogen-bond donors (Lipinski definition) is 1. The van der Waals surface area contributed by atoms with Crippen LogP contribution in [0.4, 0.5) is 0 Å². The summed E-state index contributed by atoms with van der Waals surface area (Å²) in [7, 11) is 0. The number of nitrogens with zero attached hydrogens (tertiary/aromatic N) is 2. The van der Waals surface area contributed by atoms with Crippen molar-refractivity contribution in [3.05, 3.63) is 0 Å². The highest BCUT2D eigenvalue weighted by Crippen LogP contribution is 2.10. The van der Waals surface area contributed by atoms with E-state index in [2.05, 4.69) is 11.8 Å². The minimum atomic E-state index is -0.405. The van der Waals surface area contributed by atoms with Crippen LogP contribution in [-0.4, -0.2) is 80.4 Å². The summed E-state index contributed by atoms with van der Waals surface area (Å²) in [4.78, 5) is 16.4. The lowest BCUT2D eigenvalue weighted by Crippen LogP contribution is -2.55. The average molecular weight is 257 g/mol. The maximum absolute atomic E-state index is 12.2. The molecule has 0 aromatic heterocycles. The van der Waals surface area contributed by atoms with Crippen LogP contribution >= 0.6 is 0 Å². The Morgan fingerprint density at radius 1 is 1.33 bits per heavy atom. The molecular formula is C12H23N3O3. The van der Waals surface area contributed by atoms with Crippen LogP contribution in [0.1, 0.15) is 6.92 Å². The topological polar surface area (TPSA) is 68.0 Å². The first-order chi connectivity index (χ1) is 8.72. The quantitative estimate of drug-likeness (QED) is 0.694. The standard InChI is InChI=1S/C12H23N3O3/c1-10(8-13)14-2-4-15(5-3-14)12(16)11-9-17-6-7-18-11/h10-11H,2-9,13H2,1H3. The Balaban J connectivity index is 1.79. The minimum absolute atomic E-state index is 0.0646. The van der Waals surface area contributed by atoms with E-state index < -0.39 is 6.10 Å². The molecule has 0 radical (unpaired) electrons. The summed E-state index contributed by atoms with van der Waals surface area (Å²) in [6.45, 7) is 7.55. The molecule has 2 saturated heterocycles. The van der Waals surface area contributed by atoms with Crippen LogP contribution in [0.5, 0.6) is 0 Å². The van der Waals surface area contributed by atoms with Crippen molar-refractivity contribution in [3.8, 4) is 0 Å². The van der Waals surface area contributed by atoms with Gasteiger partial charge in [0.1, 0.15) is 0 Å². The second-order valence-electron chi connectivity index (χ2n) is 4.88. The Morgan fingerprint density at radius 3 is 2.61 bits per heavy atom. The lowest BCUT2D eigenvalue weighted by molar-refractivity contribution is -0.159. The van der Waals surface area contributed by atoms with Gasteiger partial charge in [0.2, 0.25) is 0 Å². The summed E-state index contributed by atoms with van der Waals surface area (Å²) in [5.74, 6) is 0.0646.